The lowest BCUT2D eigenvalue weighted by molar-refractivity contribution is 0.288. The molecule has 0 amide bonds. The Morgan fingerprint density at radius 2 is 1.82 bits per heavy atom. The van der Waals surface area contributed by atoms with Crippen molar-refractivity contribution in [2.75, 3.05) is 23.8 Å². The number of aliphatic hydroxyl groups excluding tert-OH is 1. The Balaban J connectivity index is 3.05. The molecule has 0 aromatic heterocycles. The van der Waals surface area contributed by atoms with E-state index in [-0.39, 0.29) is 6.61 Å². The molecule has 0 aliphatic heterocycles. The predicted octanol–water partition coefficient (Wildman–Crippen LogP) is 2.48. The highest BCUT2D eigenvalue weighted by Crippen LogP contribution is 2.28. The normalized spacial score (nSPS) is 10.9. The fourth-order valence-electron chi connectivity index (χ4n) is 1.97. The first-order chi connectivity index (χ1) is 7.97. The van der Waals surface area contributed by atoms with E-state index in [4.69, 9.17) is 10.8 Å². The van der Waals surface area contributed by atoms with Crippen molar-refractivity contribution < 1.29 is 5.11 Å². The Morgan fingerprint density at radius 1 is 1.24 bits per heavy atom. The van der Waals surface area contributed by atoms with Crippen LogP contribution in [0.4, 0.5) is 11.4 Å². The summed E-state index contributed by atoms with van der Waals surface area (Å²) < 4.78 is 0. The maximum Gasteiger partial charge on any atom is 0.0605 e. The minimum atomic E-state index is 0.216. The Kier molecular flexibility index (Phi) is 4.82. The molecule has 0 radical (unpaired) electrons. The van der Waals surface area contributed by atoms with E-state index in [0.717, 1.165) is 24.3 Å². The van der Waals surface area contributed by atoms with Gasteiger partial charge in [0.25, 0.3) is 0 Å². The fourth-order valence-corrected chi connectivity index (χ4v) is 1.97. The summed E-state index contributed by atoms with van der Waals surface area (Å²) in [6.07, 6.45) is 0.768. The number of benzene rings is 1. The summed E-state index contributed by atoms with van der Waals surface area (Å²) >= 11 is 0. The zero-order valence-corrected chi connectivity index (χ0v) is 11.3. The lowest BCUT2D eigenvalue weighted by Gasteiger charge is -2.30. The number of rotatable bonds is 5. The van der Waals surface area contributed by atoms with Crippen molar-refractivity contribution in [1.29, 1.82) is 0 Å². The number of hydrogen-bond donors (Lipinski definition) is 2. The van der Waals surface area contributed by atoms with Crippen LogP contribution < -0.4 is 10.6 Å². The monoisotopic (exact) mass is 236 g/mol. The van der Waals surface area contributed by atoms with E-state index < -0.39 is 0 Å². The van der Waals surface area contributed by atoms with E-state index in [1.54, 1.807) is 0 Å². The van der Waals surface area contributed by atoms with E-state index in [0.29, 0.717) is 6.04 Å². The summed E-state index contributed by atoms with van der Waals surface area (Å²) in [4.78, 5) is 2.25. The minimum Gasteiger partial charge on any atom is -0.397 e. The van der Waals surface area contributed by atoms with E-state index in [1.165, 1.54) is 11.1 Å². The van der Waals surface area contributed by atoms with Crippen molar-refractivity contribution in [3.8, 4) is 0 Å². The lowest BCUT2D eigenvalue weighted by atomic mass is 10.1. The van der Waals surface area contributed by atoms with E-state index in [1.807, 2.05) is 6.07 Å². The highest BCUT2D eigenvalue weighted by molar-refractivity contribution is 5.70. The number of nitrogens with two attached hydrogens (primary N) is 1. The highest BCUT2D eigenvalue weighted by Gasteiger charge is 2.14. The second-order valence-electron chi connectivity index (χ2n) is 4.86. The largest absolute Gasteiger partial charge is 0.397 e. The van der Waals surface area contributed by atoms with Crippen molar-refractivity contribution in [2.45, 2.75) is 40.2 Å². The van der Waals surface area contributed by atoms with Crippen LogP contribution in [0.5, 0.6) is 0 Å². The number of nitrogens with zero attached hydrogens (tertiary/aromatic N) is 1. The number of anilines is 2. The van der Waals surface area contributed by atoms with Crippen molar-refractivity contribution in [3.05, 3.63) is 23.3 Å². The first-order valence-corrected chi connectivity index (χ1v) is 6.21. The number of aryl methyl sites for hydroxylation is 2. The van der Waals surface area contributed by atoms with Crippen molar-refractivity contribution in [2.24, 2.45) is 0 Å². The third-order valence-corrected chi connectivity index (χ3v) is 3.13. The molecule has 0 saturated heterocycles. The average molecular weight is 236 g/mol. The summed E-state index contributed by atoms with van der Waals surface area (Å²) in [5.74, 6) is 0. The molecule has 1 aromatic rings. The molecule has 1 rings (SSSR count). The van der Waals surface area contributed by atoms with Gasteiger partial charge in [0.1, 0.15) is 0 Å². The van der Waals surface area contributed by atoms with Gasteiger partial charge < -0.3 is 15.7 Å². The van der Waals surface area contributed by atoms with Crippen LogP contribution in [0.15, 0.2) is 12.1 Å². The Morgan fingerprint density at radius 3 is 2.35 bits per heavy atom. The predicted molar refractivity (Wildman–Crippen MR) is 74.5 cm³/mol. The molecule has 3 heteroatoms. The van der Waals surface area contributed by atoms with Gasteiger partial charge in [0.2, 0.25) is 0 Å². The maximum absolute atomic E-state index is 8.95. The van der Waals surface area contributed by atoms with Crippen LogP contribution in [0, 0.1) is 13.8 Å². The summed E-state index contributed by atoms with van der Waals surface area (Å²) in [5, 5.41) is 8.95. The molecular weight excluding hydrogens is 212 g/mol. The summed E-state index contributed by atoms with van der Waals surface area (Å²) in [5.41, 5.74) is 10.5. The zero-order chi connectivity index (χ0) is 13.0. The second kappa shape index (κ2) is 5.92. The van der Waals surface area contributed by atoms with Gasteiger partial charge in [-0.25, -0.2) is 0 Å². The van der Waals surface area contributed by atoms with Crippen LogP contribution in [-0.4, -0.2) is 24.3 Å². The van der Waals surface area contributed by atoms with Gasteiger partial charge in [-0.05, 0) is 57.4 Å². The molecule has 0 fully saturated rings. The Bertz CT molecular complexity index is 375. The molecule has 0 unspecified atom stereocenters. The third-order valence-electron chi connectivity index (χ3n) is 3.13. The first kappa shape index (κ1) is 13.8. The molecule has 0 aliphatic rings. The van der Waals surface area contributed by atoms with Gasteiger partial charge in [-0.2, -0.15) is 0 Å². The van der Waals surface area contributed by atoms with Gasteiger partial charge >= 0.3 is 0 Å². The molecule has 17 heavy (non-hydrogen) atoms. The SMILES string of the molecule is Cc1cc(N)c(N(CCCO)C(C)C)cc1C. The van der Waals surface area contributed by atoms with Crippen molar-refractivity contribution in [3.63, 3.8) is 0 Å². The smallest absolute Gasteiger partial charge is 0.0605 e. The third kappa shape index (κ3) is 3.37. The van der Waals surface area contributed by atoms with Crippen molar-refractivity contribution >= 4 is 11.4 Å². The summed E-state index contributed by atoms with van der Waals surface area (Å²) in [7, 11) is 0. The molecule has 3 nitrogen and oxygen atoms in total. The lowest BCUT2D eigenvalue weighted by Crippen LogP contribution is -2.33. The number of aliphatic hydroxyl groups is 1. The molecular formula is C14H24N2O. The van der Waals surface area contributed by atoms with E-state index >= 15 is 0 Å². The maximum atomic E-state index is 8.95. The summed E-state index contributed by atoms with van der Waals surface area (Å²) in [6, 6.07) is 4.55. The molecule has 0 aliphatic carbocycles. The molecule has 0 spiro atoms. The van der Waals surface area contributed by atoms with Crippen LogP contribution in [-0.2, 0) is 0 Å². The minimum absolute atomic E-state index is 0.216. The highest BCUT2D eigenvalue weighted by atomic mass is 16.3. The average Bonchev–Trinajstić information content (AvgIpc) is 2.25. The molecule has 1 aromatic carbocycles. The van der Waals surface area contributed by atoms with Crippen LogP contribution in [0.2, 0.25) is 0 Å². The van der Waals surface area contributed by atoms with Crippen LogP contribution in [0.25, 0.3) is 0 Å². The molecule has 0 bridgehead atoms. The van der Waals surface area contributed by atoms with Crippen LogP contribution in [0.3, 0.4) is 0 Å². The molecule has 0 saturated carbocycles. The summed E-state index contributed by atoms with van der Waals surface area (Å²) in [6.45, 7) is 9.51. The molecule has 0 heterocycles. The molecule has 0 atom stereocenters. The quantitative estimate of drug-likeness (QED) is 0.772. The topological polar surface area (TPSA) is 49.5 Å². The van der Waals surface area contributed by atoms with Gasteiger partial charge in [0.05, 0.1) is 11.4 Å². The van der Waals surface area contributed by atoms with E-state index in [2.05, 4.69) is 38.7 Å². The number of hydrogen-bond acceptors (Lipinski definition) is 3. The van der Waals surface area contributed by atoms with Crippen molar-refractivity contribution in [1.82, 2.24) is 0 Å². The Labute approximate surface area is 104 Å². The standard InChI is InChI=1S/C14H24N2O/c1-10(2)16(6-5-7-17)14-9-12(4)11(3)8-13(14)15/h8-10,17H,5-7,15H2,1-4H3. The first-order valence-electron chi connectivity index (χ1n) is 6.21. The fraction of sp³-hybridized carbons (Fsp3) is 0.571. The second-order valence-corrected chi connectivity index (χ2v) is 4.86. The van der Waals surface area contributed by atoms with Gasteiger partial charge in [-0.15, -0.1) is 0 Å². The van der Waals surface area contributed by atoms with Crippen LogP contribution >= 0.6 is 0 Å². The molecule has 96 valence electrons. The van der Waals surface area contributed by atoms with Gasteiger partial charge in [-0.1, -0.05) is 0 Å². The van der Waals surface area contributed by atoms with Gasteiger partial charge in [0.15, 0.2) is 0 Å². The number of nitrogen functional groups attached to an aromatic ring is 1. The Hall–Kier alpha value is -1.22. The van der Waals surface area contributed by atoms with Crippen LogP contribution in [0.1, 0.15) is 31.4 Å². The van der Waals surface area contributed by atoms with Gasteiger partial charge in [-0.3, -0.25) is 0 Å². The van der Waals surface area contributed by atoms with E-state index in [9.17, 15) is 0 Å². The van der Waals surface area contributed by atoms with Gasteiger partial charge in [0, 0.05) is 19.2 Å². The zero-order valence-electron chi connectivity index (χ0n) is 11.3. The molecule has 3 N–H and O–H groups in total.